The summed E-state index contributed by atoms with van der Waals surface area (Å²) >= 11 is 1.34. The molecular weight excluding hydrogens is 534 g/mol. The fourth-order valence-corrected chi connectivity index (χ4v) is 5.36. The van der Waals surface area contributed by atoms with Gasteiger partial charge in [0.05, 0.1) is 20.5 Å². The summed E-state index contributed by atoms with van der Waals surface area (Å²) in [5.41, 5.74) is 0.0404. The molecule has 4 aromatic rings. The van der Waals surface area contributed by atoms with Crippen LogP contribution in [-0.2, 0) is 25.4 Å². The van der Waals surface area contributed by atoms with Gasteiger partial charge in [0.15, 0.2) is 16.3 Å². The number of methoxy groups -OCH3 is 2. The molecule has 38 heavy (non-hydrogen) atoms. The highest BCUT2D eigenvalue weighted by Gasteiger charge is 2.25. The lowest BCUT2D eigenvalue weighted by molar-refractivity contribution is -0.119. The van der Waals surface area contributed by atoms with Crippen molar-refractivity contribution in [1.82, 2.24) is 28.6 Å². The van der Waals surface area contributed by atoms with Crippen molar-refractivity contribution < 1.29 is 14.3 Å². The number of likely N-dealkylation sites (N-methyl/N-ethyl adjacent to an activating group) is 1. The fourth-order valence-electron chi connectivity index (χ4n) is 4.25. The maximum atomic E-state index is 13.8. The van der Waals surface area contributed by atoms with Crippen molar-refractivity contribution in [1.29, 1.82) is 0 Å². The SMILES string of the molecule is CCN(CC)CCN(C(=O)Cn1cnc2c1c(=O)n(C)c(=O)n2C)c1nc2c(OC)ccc(OC)c2s1.Cl. The summed E-state index contributed by atoms with van der Waals surface area (Å²) in [4.78, 5) is 51.8. The maximum absolute atomic E-state index is 13.8. The summed E-state index contributed by atoms with van der Waals surface area (Å²) in [5.74, 6) is 0.958. The highest BCUT2D eigenvalue weighted by molar-refractivity contribution is 7.22. The molecule has 1 aromatic carbocycles. The van der Waals surface area contributed by atoms with E-state index in [1.807, 2.05) is 6.07 Å². The highest BCUT2D eigenvalue weighted by atomic mass is 35.5. The minimum Gasteiger partial charge on any atom is -0.495 e. The molecule has 0 radical (unpaired) electrons. The Morgan fingerprint density at radius 3 is 2.32 bits per heavy atom. The molecule has 0 spiro atoms. The Balaban J connectivity index is 0.00000400. The number of ether oxygens (including phenoxy) is 2. The van der Waals surface area contributed by atoms with Crippen LogP contribution in [0.1, 0.15) is 13.8 Å². The van der Waals surface area contributed by atoms with Gasteiger partial charge in [0.1, 0.15) is 28.3 Å². The van der Waals surface area contributed by atoms with Crippen LogP contribution in [0.4, 0.5) is 5.13 Å². The van der Waals surface area contributed by atoms with E-state index in [1.165, 1.54) is 33.8 Å². The van der Waals surface area contributed by atoms with E-state index in [4.69, 9.17) is 14.5 Å². The number of imidazole rings is 1. The van der Waals surface area contributed by atoms with Gasteiger partial charge in [-0.2, -0.15) is 0 Å². The minimum atomic E-state index is -0.507. The average Bonchev–Trinajstić information content (AvgIpc) is 3.53. The lowest BCUT2D eigenvalue weighted by atomic mass is 10.3. The summed E-state index contributed by atoms with van der Waals surface area (Å²) in [6.45, 7) is 6.72. The largest absolute Gasteiger partial charge is 0.495 e. The van der Waals surface area contributed by atoms with Crippen LogP contribution >= 0.6 is 23.7 Å². The number of hydrogen-bond donors (Lipinski definition) is 0. The molecule has 0 aliphatic heterocycles. The molecule has 3 aromatic heterocycles. The van der Waals surface area contributed by atoms with E-state index in [-0.39, 0.29) is 36.0 Å². The van der Waals surface area contributed by atoms with Crippen molar-refractivity contribution in [2.75, 3.05) is 45.3 Å². The number of aryl methyl sites for hydroxylation is 1. The molecule has 0 atom stereocenters. The van der Waals surface area contributed by atoms with E-state index < -0.39 is 11.2 Å². The van der Waals surface area contributed by atoms with Crippen molar-refractivity contribution in [3.8, 4) is 11.5 Å². The molecular formula is C24H32ClN7O5S. The maximum Gasteiger partial charge on any atom is 0.332 e. The van der Waals surface area contributed by atoms with Crippen LogP contribution in [-0.4, -0.2) is 74.9 Å². The molecule has 0 aliphatic rings. The van der Waals surface area contributed by atoms with Gasteiger partial charge in [-0.05, 0) is 25.2 Å². The van der Waals surface area contributed by atoms with Crippen molar-refractivity contribution in [3.63, 3.8) is 0 Å². The van der Waals surface area contributed by atoms with Crippen LogP contribution < -0.4 is 25.6 Å². The first-order valence-electron chi connectivity index (χ1n) is 11.9. The van der Waals surface area contributed by atoms with Crippen LogP contribution in [0.25, 0.3) is 21.4 Å². The number of hydrogen-bond acceptors (Lipinski definition) is 9. The van der Waals surface area contributed by atoms with Gasteiger partial charge < -0.3 is 18.9 Å². The third-order valence-corrected chi connectivity index (χ3v) is 7.58. The van der Waals surface area contributed by atoms with Crippen LogP contribution in [0.5, 0.6) is 11.5 Å². The van der Waals surface area contributed by atoms with Crippen LogP contribution in [0, 0.1) is 0 Å². The molecule has 4 rings (SSSR count). The summed E-state index contributed by atoms with van der Waals surface area (Å²) < 4.78 is 15.6. The van der Waals surface area contributed by atoms with Gasteiger partial charge in [0, 0.05) is 27.2 Å². The van der Waals surface area contributed by atoms with Crippen molar-refractivity contribution in [3.05, 3.63) is 39.3 Å². The quantitative estimate of drug-likeness (QED) is 0.286. The zero-order valence-electron chi connectivity index (χ0n) is 22.3. The predicted molar refractivity (Wildman–Crippen MR) is 150 cm³/mol. The molecule has 0 saturated carbocycles. The minimum absolute atomic E-state index is 0. The van der Waals surface area contributed by atoms with Gasteiger partial charge in [0.25, 0.3) is 5.56 Å². The smallest absolute Gasteiger partial charge is 0.332 e. The number of fused-ring (bicyclic) bond motifs is 2. The number of carbonyl (C=O) groups is 1. The Labute approximate surface area is 229 Å². The Bertz CT molecular complexity index is 1530. The Hall–Kier alpha value is -3.42. The molecule has 0 fully saturated rings. The van der Waals surface area contributed by atoms with E-state index in [9.17, 15) is 14.4 Å². The normalized spacial score (nSPS) is 11.2. The number of rotatable bonds is 10. The van der Waals surface area contributed by atoms with Crippen molar-refractivity contribution in [2.45, 2.75) is 20.4 Å². The molecule has 1 amide bonds. The van der Waals surface area contributed by atoms with E-state index in [1.54, 1.807) is 32.2 Å². The number of amides is 1. The molecule has 206 valence electrons. The summed E-state index contributed by atoms with van der Waals surface area (Å²) in [7, 11) is 6.10. The van der Waals surface area contributed by atoms with Gasteiger partial charge in [0.2, 0.25) is 5.91 Å². The van der Waals surface area contributed by atoms with Crippen molar-refractivity contribution >= 4 is 56.2 Å². The first-order chi connectivity index (χ1) is 17.7. The number of thiazole rings is 1. The summed E-state index contributed by atoms with van der Waals surface area (Å²) in [5, 5.41) is 0.500. The molecule has 0 N–H and O–H groups in total. The van der Waals surface area contributed by atoms with Gasteiger partial charge in [-0.1, -0.05) is 25.2 Å². The van der Waals surface area contributed by atoms with Crippen LogP contribution in [0.15, 0.2) is 28.0 Å². The standard InChI is InChI=1S/C24H31N7O5S.ClH/c1-7-29(8-2)11-12-31(23-26-18-15(35-5)9-10-16(36-6)20(18)37-23)17(32)13-30-14-25-21-19(30)22(33)28(4)24(34)27(21)3;/h9-10,14H,7-8,11-13H2,1-6H3;1H. The lowest BCUT2D eigenvalue weighted by Gasteiger charge is -2.25. The number of aromatic nitrogens is 5. The zero-order chi connectivity index (χ0) is 26.9. The fraction of sp³-hybridized carbons (Fsp3) is 0.458. The summed E-state index contributed by atoms with van der Waals surface area (Å²) in [6, 6.07) is 3.59. The van der Waals surface area contributed by atoms with E-state index >= 15 is 0 Å². The van der Waals surface area contributed by atoms with Gasteiger partial charge >= 0.3 is 5.69 Å². The number of anilines is 1. The van der Waals surface area contributed by atoms with Gasteiger partial charge in [-0.3, -0.25) is 23.6 Å². The number of benzene rings is 1. The van der Waals surface area contributed by atoms with Gasteiger partial charge in [-0.15, -0.1) is 12.4 Å². The third-order valence-electron chi connectivity index (χ3n) is 6.49. The first-order valence-corrected chi connectivity index (χ1v) is 12.7. The van der Waals surface area contributed by atoms with E-state index in [0.717, 1.165) is 22.4 Å². The number of nitrogens with zero attached hydrogens (tertiary/aromatic N) is 7. The topological polar surface area (TPSA) is 117 Å². The Kier molecular flexibility index (Phi) is 9.18. The van der Waals surface area contributed by atoms with Crippen LogP contribution in [0.2, 0.25) is 0 Å². The summed E-state index contributed by atoms with van der Waals surface area (Å²) in [6.07, 6.45) is 1.41. The molecule has 0 saturated heterocycles. The Morgan fingerprint density at radius 1 is 1.03 bits per heavy atom. The molecule has 3 heterocycles. The van der Waals surface area contributed by atoms with Gasteiger partial charge in [-0.25, -0.2) is 14.8 Å². The van der Waals surface area contributed by atoms with Crippen LogP contribution in [0.3, 0.4) is 0 Å². The third kappa shape index (κ3) is 5.13. The molecule has 14 heteroatoms. The second kappa shape index (κ2) is 12.0. The lowest BCUT2D eigenvalue weighted by Crippen LogP contribution is -2.41. The predicted octanol–water partition coefficient (Wildman–Crippen LogP) is 1.86. The molecule has 12 nitrogen and oxygen atoms in total. The second-order valence-corrected chi connectivity index (χ2v) is 9.44. The Morgan fingerprint density at radius 2 is 1.68 bits per heavy atom. The molecule has 0 unspecified atom stereocenters. The zero-order valence-corrected chi connectivity index (χ0v) is 23.9. The number of halogens is 1. The number of carbonyl (C=O) groups excluding carboxylic acids is 1. The monoisotopic (exact) mass is 565 g/mol. The van der Waals surface area contributed by atoms with E-state index in [2.05, 4.69) is 23.7 Å². The molecule has 0 bridgehead atoms. The molecule has 0 aliphatic carbocycles. The second-order valence-electron chi connectivity index (χ2n) is 8.47. The van der Waals surface area contributed by atoms with E-state index in [0.29, 0.717) is 35.2 Å². The first kappa shape index (κ1) is 29.1. The average molecular weight is 566 g/mol. The van der Waals surface area contributed by atoms with Crippen molar-refractivity contribution in [2.24, 2.45) is 14.1 Å². The highest BCUT2D eigenvalue weighted by Crippen LogP contribution is 2.40.